The number of esters is 1. The molecule has 9 nitrogen and oxygen atoms in total. The Kier molecular flexibility index (Phi) is 10.8. The predicted octanol–water partition coefficient (Wildman–Crippen LogP) is 1.40. The Labute approximate surface area is 170 Å². The van der Waals surface area contributed by atoms with Gasteiger partial charge in [0.2, 0.25) is 5.91 Å². The Morgan fingerprint density at radius 3 is 2.45 bits per heavy atom. The number of unbranched alkanes of at least 4 members (excludes halogenated alkanes) is 2. The largest absolute Gasteiger partial charge is 0.467 e. The molecule has 1 rings (SSSR count). The summed E-state index contributed by atoms with van der Waals surface area (Å²) in [6.07, 6.45) is -0.393. The van der Waals surface area contributed by atoms with E-state index in [1.807, 2.05) is 12.1 Å². The summed E-state index contributed by atoms with van der Waals surface area (Å²) >= 11 is 0. The fourth-order valence-corrected chi connectivity index (χ4v) is 2.50. The van der Waals surface area contributed by atoms with Crippen LogP contribution in [0.25, 0.3) is 0 Å². The van der Waals surface area contributed by atoms with E-state index in [9.17, 15) is 19.5 Å². The van der Waals surface area contributed by atoms with E-state index in [1.54, 1.807) is 24.3 Å². The lowest BCUT2D eigenvalue weighted by Gasteiger charge is -2.23. The lowest BCUT2D eigenvalue weighted by Crippen LogP contribution is -2.55. The van der Waals surface area contributed by atoms with Gasteiger partial charge in [-0.1, -0.05) is 30.3 Å². The number of hydrogen-bond donors (Lipinski definition) is 3. The average Bonchev–Trinajstić information content (AvgIpc) is 2.72. The van der Waals surface area contributed by atoms with Gasteiger partial charge in [0.15, 0.2) is 0 Å². The first-order valence-corrected chi connectivity index (χ1v) is 9.29. The van der Waals surface area contributed by atoms with Gasteiger partial charge in [-0.25, -0.2) is 9.59 Å². The van der Waals surface area contributed by atoms with Gasteiger partial charge in [0.25, 0.3) is 0 Å². The molecule has 1 aromatic rings. The van der Waals surface area contributed by atoms with Crippen LogP contribution in [0.5, 0.6) is 0 Å². The van der Waals surface area contributed by atoms with Crippen LogP contribution in [0, 0.1) is 11.3 Å². The van der Waals surface area contributed by atoms with Gasteiger partial charge in [0.05, 0.1) is 19.3 Å². The third-order valence-electron chi connectivity index (χ3n) is 4.08. The lowest BCUT2D eigenvalue weighted by molar-refractivity contribution is -0.145. The topological polar surface area (TPSA) is 138 Å². The van der Waals surface area contributed by atoms with Crippen LogP contribution in [0.1, 0.15) is 38.2 Å². The molecule has 0 saturated carbocycles. The molecule has 1 aromatic carbocycles. The summed E-state index contributed by atoms with van der Waals surface area (Å²) in [7, 11) is 1.20. The molecule has 2 amide bonds. The summed E-state index contributed by atoms with van der Waals surface area (Å²) in [6, 6.07) is 8.72. The minimum absolute atomic E-state index is 0.00446. The second-order valence-electron chi connectivity index (χ2n) is 6.41. The summed E-state index contributed by atoms with van der Waals surface area (Å²) in [5.74, 6) is -1.39. The minimum Gasteiger partial charge on any atom is -0.467 e. The Bertz CT molecular complexity index is 702. The number of nitrogens with one attached hydrogen (secondary N) is 2. The molecular formula is C20H27N3O6. The van der Waals surface area contributed by atoms with Crippen LogP contribution in [0.4, 0.5) is 4.79 Å². The number of ether oxygens (including phenoxy) is 2. The number of nitriles is 1. The highest BCUT2D eigenvalue weighted by atomic mass is 16.5. The summed E-state index contributed by atoms with van der Waals surface area (Å²) in [5.41, 5.74) is 0.767. The summed E-state index contributed by atoms with van der Waals surface area (Å²) in [5, 5.41) is 23.2. The second kappa shape index (κ2) is 13.1. The van der Waals surface area contributed by atoms with Crippen molar-refractivity contribution in [2.24, 2.45) is 0 Å². The first-order valence-electron chi connectivity index (χ1n) is 9.29. The number of hydrogen-bond acceptors (Lipinski definition) is 7. The van der Waals surface area contributed by atoms with Crippen molar-refractivity contribution in [3.8, 4) is 6.07 Å². The lowest BCUT2D eigenvalue weighted by atomic mass is 10.1. The third kappa shape index (κ3) is 9.08. The van der Waals surface area contributed by atoms with Crippen LogP contribution in [-0.4, -0.2) is 48.4 Å². The van der Waals surface area contributed by atoms with Gasteiger partial charge >= 0.3 is 12.1 Å². The van der Waals surface area contributed by atoms with Crippen LogP contribution >= 0.6 is 0 Å². The highest BCUT2D eigenvalue weighted by molar-refractivity contribution is 5.90. The maximum Gasteiger partial charge on any atom is 0.408 e. The van der Waals surface area contributed by atoms with Gasteiger partial charge in [0.1, 0.15) is 18.7 Å². The van der Waals surface area contributed by atoms with Crippen molar-refractivity contribution in [3.05, 3.63) is 35.9 Å². The SMILES string of the molecule is COC(=O)[C@H](CCCCC#N)NC(=O)[C@@H](NC(=O)OCc1ccccc1)[C@@H](C)O. The minimum atomic E-state index is -1.32. The van der Waals surface area contributed by atoms with E-state index in [2.05, 4.69) is 15.4 Å². The molecule has 9 heteroatoms. The number of amides is 2. The standard InChI is InChI=1S/C20H27N3O6/c1-14(24)17(23-20(27)29-13-15-9-5-3-6-10-15)18(25)22-16(19(26)28-2)11-7-4-8-12-21/h3,5-6,9-10,14,16-17,24H,4,7-8,11,13H2,1-2H3,(H,22,25)(H,23,27)/t14-,16+,17+/m1/s1. The van der Waals surface area contributed by atoms with Crippen molar-refractivity contribution in [1.82, 2.24) is 10.6 Å². The van der Waals surface area contributed by atoms with Gasteiger partial charge in [-0.2, -0.15) is 5.26 Å². The molecule has 158 valence electrons. The van der Waals surface area contributed by atoms with Gasteiger partial charge < -0.3 is 25.2 Å². The van der Waals surface area contributed by atoms with E-state index in [0.717, 1.165) is 5.56 Å². The van der Waals surface area contributed by atoms with E-state index in [0.29, 0.717) is 19.3 Å². The number of aliphatic hydroxyl groups is 1. The molecule has 3 N–H and O–H groups in total. The second-order valence-corrected chi connectivity index (χ2v) is 6.41. The Balaban J connectivity index is 2.64. The van der Waals surface area contributed by atoms with Crippen molar-refractivity contribution < 1.29 is 29.0 Å². The first kappa shape index (κ1) is 23.9. The molecular weight excluding hydrogens is 378 g/mol. The van der Waals surface area contributed by atoms with Gasteiger partial charge in [-0.3, -0.25) is 4.79 Å². The Morgan fingerprint density at radius 1 is 1.17 bits per heavy atom. The normalized spacial score (nSPS) is 13.3. The zero-order chi connectivity index (χ0) is 21.6. The van der Waals surface area contributed by atoms with Gasteiger partial charge in [-0.15, -0.1) is 0 Å². The molecule has 0 spiro atoms. The number of carbonyl (C=O) groups excluding carboxylic acids is 3. The van der Waals surface area contributed by atoms with E-state index in [4.69, 9.17) is 10.00 Å². The van der Waals surface area contributed by atoms with Crippen LogP contribution < -0.4 is 10.6 Å². The van der Waals surface area contributed by atoms with Crippen LogP contribution in [0.15, 0.2) is 30.3 Å². The van der Waals surface area contributed by atoms with Crippen LogP contribution in [0.2, 0.25) is 0 Å². The summed E-state index contributed by atoms with van der Waals surface area (Å²) in [6.45, 7) is 1.34. The number of methoxy groups -OCH3 is 1. The summed E-state index contributed by atoms with van der Waals surface area (Å²) < 4.78 is 9.75. The molecule has 0 heterocycles. The maximum atomic E-state index is 12.5. The van der Waals surface area contributed by atoms with E-state index < -0.39 is 36.2 Å². The quantitative estimate of drug-likeness (QED) is 0.374. The van der Waals surface area contributed by atoms with Crippen LogP contribution in [-0.2, 0) is 25.7 Å². The molecule has 29 heavy (non-hydrogen) atoms. The molecule has 0 saturated heterocycles. The van der Waals surface area contributed by atoms with Crippen molar-refractivity contribution in [3.63, 3.8) is 0 Å². The number of benzene rings is 1. The van der Waals surface area contributed by atoms with Crippen molar-refractivity contribution >= 4 is 18.0 Å². The molecule has 0 radical (unpaired) electrons. The third-order valence-corrected chi connectivity index (χ3v) is 4.08. The summed E-state index contributed by atoms with van der Waals surface area (Å²) in [4.78, 5) is 36.4. The smallest absolute Gasteiger partial charge is 0.408 e. The monoisotopic (exact) mass is 405 g/mol. The number of carbonyl (C=O) groups is 3. The number of aliphatic hydroxyl groups excluding tert-OH is 1. The molecule has 0 fully saturated rings. The molecule has 0 unspecified atom stereocenters. The van der Waals surface area contributed by atoms with Crippen molar-refractivity contribution in [2.45, 2.75) is 57.4 Å². The van der Waals surface area contributed by atoms with E-state index >= 15 is 0 Å². The van der Waals surface area contributed by atoms with E-state index in [-0.39, 0.29) is 13.0 Å². The molecule has 0 aliphatic carbocycles. The van der Waals surface area contributed by atoms with Crippen molar-refractivity contribution in [1.29, 1.82) is 5.26 Å². The highest BCUT2D eigenvalue weighted by Crippen LogP contribution is 2.07. The van der Waals surface area contributed by atoms with E-state index in [1.165, 1.54) is 14.0 Å². The van der Waals surface area contributed by atoms with Gasteiger partial charge in [0, 0.05) is 6.42 Å². The Hall–Kier alpha value is -3.12. The fourth-order valence-electron chi connectivity index (χ4n) is 2.50. The molecule has 0 bridgehead atoms. The van der Waals surface area contributed by atoms with Crippen molar-refractivity contribution in [2.75, 3.05) is 7.11 Å². The average molecular weight is 405 g/mol. The molecule has 3 atom stereocenters. The molecule has 0 aromatic heterocycles. The van der Waals surface area contributed by atoms with Gasteiger partial charge in [-0.05, 0) is 31.7 Å². The number of nitrogens with zero attached hydrogens (tertiary/aromatic N) is 1. The number of alkyl carbamates (subject to hydrolysis) is 1. The molecule has 0 aliphatic rings. The maximum absolute atomic E-state index is 12.5. The highest BCUT2D eigenvalue weighted by Gasteiger charge is 2.30. The number of rotatable bonds is 11. The fraction of sp³-hybridized carbons (Fsp3) is 0.500. The molecule has 0 aliphatic heterocycles. The zero-order valence-electron chi connectivity index (χ0n) is 16.6. The van der Waals surface area contributed by atoms with Crippen LogP contribution in [0.3, 0.4) is 0 Å². The first-order chi connectivity index (χ1) is 13.9. The Morgan fingerprint density at radius 2 is 1.86 bits per heavy atom. The predicted molar refractivity (Wildman–Crippen MR) is 103 cm³/mol. The zero-order valence-corrected chi connectivity index (χ0v) is 16.6.